The summed E-state index contributed by atoms with van der Waals surface area (Å²) in [6, 6.07) is 8.80. The largest absolute Gasteiger partial charge is 0.392 e. The Hall–Kier alpha value is -0.900. The number of aryl methyl sites for hydroxylation is 1. The van der Waals surface area contributed by atoms with Crippen LogP contribution in [0.15, 0.2) is 24.3 Å². The second kappa shape index (κ2) is 6.69. The lowest BCUT2D eigenvalue weighted by atomic mass is 9.71. The van der Waals surface area contributed by atoms with Gasteiger partial charge in [0, 0.05) is 31.6 Å². The number of aliphatic hydroxyl groups is 1. The van der Waals surface area contributed by atoms with Crippen molar-refractivity contribution in [2.75, 3.05) is 33.2 Å². The fraction of sp³-hybridized carbons (Fsp3) is 0.684. The lowest BCUT2D eigenvalue weighted by molar-refractivity contribution is -0.0808. The molecule has 0 amide bonds. The minimum absolute atomic E-state index is 0.0897. The Morgan fingerprint density at radius 1 is 1.18 bits per heavy atom. The van der Waals surface area contributed by atoms with Crippen LogP contribution in [0.25, 0.3) is 0 Å². The summed E-state index contributed by atoms with van der Waals surface area (Å²) in [6.07, 6.45) is 4.27. The fourth-order valence-corrected chi connectivity index (χ4v) is 4.46. The van der Waals surface area contributed by atoms with Crippen molar-refractivity contribution >= 4 is 0 Å². The lowest BCUT2D eigenvalue weighted by Crippen LogP contribution is -2.58. The first kappa shape index (κ1) is 16.0. The molecule has 1 N–H and O–H groups in total. The Labute approximate surface area is 134 Å². The third kappa shape index (κ3) is 3.22. The van der Waals surface area contributed by atoms with Crippen LogP contribution in [0, 0.1) is 5.41 Å². The average Bonchev–Trinajstić information content (AvgIpc) is 2.52. The van der Waals surface area contributed by atoms with Gasteiger partial charge in [0.2, 0.25) is 0 Å². The molecule has 2 atom stereocenters. The Kier molecular flexibility index (Phi) is 4.86. The zero-order valence-corrected chi connectivity index (χ0v) is 14.1. The normalized spacial score (nSPS) is 30.8. The van der Waals surface area contributed by atoms with Gasteiger partial charge in [0.1, 0.15) is 0 Å². The van der Waals surface area contributed by atoms with Crippen LogP contribution in [-0.2, 0) is 13.0 Å². The van der Waals surface area contributed by atoms with Gasteiger partial charge >= 0.3 is 0 Å². The average molecular weight is 302 g/mol. The second-order valence-electron chi connectivity index (χ2n) is 7.34. The van der Waals surface area contributed by atoms with E-state index < -0.39 is 0 Å². The van der Waals surface area contributed by atoms with Crippen LogP contribution in [0.3, 0.4) is 0 Å². The van der Waals surface area contributed by atoms with Crippen LogP contribution in [0.4, 0.5) is 0 Å². The van der Waals surface area contributed by atoms with Crippen molar-refractivity contribution in [1.29, 1.82) is 0 Å². The quantitative estimate of drug-likeness (QED) is 0.929. The summed E-state index contributed by atoms with van der Waals surface area (Å²) < 4.78 is 0. The standard InChI is InChI=1S/C19H30N2O/c1-3-16-7-4-5-8-17(16)13-21-11-6-10-19(15-21)14-20(2)12-9-18(19)22/h4-5,7-8,18,22H,3,6,9-15H2,1-2H3/t18-,19-/m0/s1. The van der Waals surface area contributed by atoms with Crippen LogP contribution < -0.4 is 0 Å². The van der Waals surface area contributed by atoms with Crippen molar-refractivity contribution in [3.8, 4) is 0 Å². The molecule has 1 aromatic rings. The molecule has 2 saturated heterocycles. The molecule has 122 valence electrons. The highest BCUT2D eigenvalue weighted by Gasteiger charge is 2.44. The summed E-state index contributed by atoms with van der Waals surface area (Å²) in [5.41, 5.74) is 3.01. The topological polar surface area (TPSA) is 26.7 Å². The van der Waals surface area contributed by atoms with E-state index >= 15 is 0 Å². The summed E-state index contributed by atoms with van der Waals surface area (Å²) in [4.78, 5) is 4.97. The molecule has 2 heterocycles. The van der Waals surface area contributed by atoms with Crippen LogP contribution in [0.5, 0.6) is 0 Å². The summed E-state index contributed by atoms with van der Waals surface area (Å²) in [6.45, 7) is 7.53. The highest BCUT2D eigenvalue weighted by molar-refractivity contribution is 5.27. The molecule has 1 aromatic carbocycles. The predicted octanol–water partition coefficient (Wildman–Crippen LogP) is 2.53. The third-order valence-electron chi connectivity index (χ3n) is 5.66. The van der Waals surface area contributed by atoms with Gasteiger partial charge in [-0.15, -0.1) is 0 Å². The van der Waals surface area contributed by atoms with Gasteiger partial charge in [-0.2, -0.15) is 0 Å². The maximum absolute atomic E-state index is 10.6. The minimum Gasteiger partial charge on any atom is -0.392 e. The molecule has 0 bridgehead atoms. The predicted molar refractivity (Wildman–Crippen MR) is 90.9 cm³/mol. The van der Waals surface area contributed by atoms with Crippen LogP contribution in [0.2, 0.25) is 0 Å². The molecule has 0 radical (unpaired) electrons. The van der Waals surface area contributed by atoms with E-state index in [9.17, 15) is 5.11 Å². The van der Waals surface area contributed by atoms with E-state index in [-0.39, 0.29) is 11.5 Å². The first-order valence-corrected chi connectivity index (χ1v) is 8.79. The maximum Gasteiger partial charge on any atom is 0.0633 e. The second-order valence-corrected chi connectivity index (χ2v) is 7.34. The van der Waals surface area contributed by atoms with Gasteiger partial charge in [0.25, 0.3) is 0 Å². The highest BCUT2D eigenvalue weighted by atomic mass is 16.3. The Morgan fingerprint density at radius 3 is 2.73 bits per heavy atom. The Morgan fingerprint density at radius 2 is 1.95 bits per heavy atom. The van der Waals surface area contributed by atoms with E-state index in [1.54, 1.807) is 0 Å². The van der Waals surface area contributed by atoms with Crippen molar-refractivity contribution in [1.82, 2.24) is 9.80 Å². The van der Waals surface area contributed by atoms with Gasteiger partial charge in [-0.3, -0.25) is 4.90 Å². The number of nitrogens with zero attached hydrogens (tertiary/aromatic N) is 2. The molecule has 1 spiro atoms. The highest BCUT2D eigenvalue weighted by Crippen LogP contribution is 2.38. The van der Waals surface area contributed by atoms with E-state index in [2.05, 4.69) is 48.0 Å². The molecule has 3 rings (SSSR count). The molecule has 0 aromatic heterocycles. The van der Waals surface area contributed by atoms with Crippen molar-refractivity contribution in [3.05, 3.63) is 35.4 Å². The molecule has 22 heavy (non-hydrogen) atoms. The molecular weight excluding hydrogens is 272 g/mol. The summed E-state index contributed by atoms with van der Waals surface area (Å²) >= 11 is 0. The molecule has 2 aliphatic heterocycles. The number of aliphatic hydroxyl groups excluding tert-OH is 1. The van der Waals surface area contributed by atoms with Gasteiger partial charge < -0.3 is 10.0 Å². The van der Waals surface area contributed by atoms with E-state index in [1.807, 2.05) is 0 Å². The zero-order valence-electron chi connectivity index (χ0n) is 14.1. The fourth-order valence-electron chi connectivity index (χ4n) is 4.46. The van der Waals surface area contributed by atoms with E-state index in [0.717, 1.165) is 45.6 Å². The molecule has 0 unspecified atom stereocenters. The van der Waals surface area contributed by atoms with E-state index in [4.69, 9.17) is 0 Å². The number of piperidine rings is 2. The number of rotatable bonds is 3. The SMILES string of the molecule is CCc1ccccc1CN1CCC[C@]2(CN(C)CC[C@@H]2O)C1. The first-order chi connectivity index (χ1) is 10.6. The summed E-state index contributed by atoms with van der Waals surface area (Å²) in [7, 11) is 2.19. The zero-order chi connectivity index (χ0) is 15.6. The van der Waals surface area contributed by atoms with Gasteiger partial charge in [0.05, 0.1) is 6.10 Å². The summed E-state index contributed by atoms with van der Waals surface area (Å²) in [5.74, 6) is 0. The molecule has 3 heteroatoms. The molecular formula is C19H30N2O. The molecule has 0 saturated carbocycles. The maximum atomic E-state index is 10.6. The van der Waals surface area contributed by atoms with Crippen LogP contribution >= 0.6 is 0 Å². The number of benzene rings is 1. The first-order valence-electron chi connectivity index (χ1n) is 8.79. The van der Waals surface area contributed by atoms with Crippen LogP contribution in [-0.4, -0.2) is 54.2 Å². The minimum atomic E-state index is -0.132. The van der Waals surface area contributed by atoms with E-state index in [0.29, 0.717) is 0 Å². The van der Waals surface area contributed by atoms with Crippen molar-refractivity contribution in [3.63, 3.8) is 0 Å². The van der Waals surface area contributed by atoms with Gasteiger partial charge in [-0.1, -0.05) is 31.2 Å². The third-order valence-corrected chi connectivity index (χ3v) is 5.66. The smallest absolute Gasteiger partial charge is 0.0633 e. The monoisotopic (exact) mass is 302 g/mol. The number of likely N-dealkylation sites (tertiary alicyclic amines) is 2. The molecule has 2 fully saturated rings. The number of hydrogen-bond donors (Lipinski definition) is 1. The van der Waals surface area contributed by atoms with Gasteiger partial charge in [-0.25, -0.2) is 0 Å². The van der Waals surface area contributed by atoms with Gasteiger partial charge in [-0.05, 0) is 50.4 Å². The Balaban J connectivity index is 1.73. The number of hydrogen-bond acceptors (Lipinski definition) is 3. The lowest BCUT2D eigenvalue weighted by Gasteiger charge is -2.50. The molecule has 3 nitrogen and oxygen atoms in total. The van der Waals surface area contributed by atoms with Crippen LogP contribution in [0.1, 0.15) is 37.3 Å². The van der Waals surface area contributed by atoms with Crippen molar-refractivity contribution in [2.45, 2.75) is 45.3 Å². The van der Waals surface area contributed by atoms with Gasteiger partial charge in [0.15, 0.2) is 0 Å². The summed E-state index contributed by atoms with van der Waals surface area (Å²) in [5, 5.41) is 10.6. The molecule has 2 aliphatic rings. The van der Waals surface area contributed by atoms with E-state index in [1.165, 1.54) is 24.0 Å². The van der Waals surface area contributed by atoms with Crippen molar-refractivity contribution in [2.24, 2.45) is 5.41 Å². The Bertz CT molecular complexity index is 504. The van der Waals surface area contributed by atoms with Crippen molar-refractivity contribution < 1.29 is 5.11 Å². The molecule has 0 aliphatic carbocycles.